The van der Waals surface area contributed by atoms with Crippen LogP contribution in [-0.4, -0.2) is 40.9 Å². The van der Waals surface area contributed by atoms with E-state index in [9.17, 15) is 41.6 Å². The van der Waals surface area contributed by atoms with Gasteiger partial charge in [-0.15, -0.1) is 13.2 Å². The van der Waals surface area contributed by atoms with Crippen molar-refractivity contribution in [3.63, 3.8) is 0 Å². The number of aliphatic hydroxyl groups excluding tert-OH is 1. The molecule has 1 atom stereocenters. The molecular formula is C28H27F6N3O4. The van der Waals surface area contributed by atoms with Crippen molar-refractivity contribution in [3.8, 4) is 5.75 Å². The van der Waals surface area contributed by atoms with Crippen molar-refractivity contribution in [2.24, 2.45) is 5.41 Å². The molecular weight excluding hydrogens is 556 g/mol. The third-order valence-electron chi connectivity index (χ3n) is 7.01. The lowest BCUT2D eigenvalue weighted by Crippen LogP contribution is -2.35. The van der Waals surface area contributed by atoms with E-state index in [-0.39, 0.29) is 36.5 Å². The lowest BCUT2D eigenvalue weighted by atomic mass is 9.80. The minimum absolute atomic E-state index is 0.142. The molecule has 13 heteroatoms. The summed E-state index contributed by atoms with van der Waals surface area (Å²) in [5.74, 6) is -0.348. The third kappa shape index (κ3) is 8.10. The first-order valence-electron chi connectivity index (χ1n) is 12.6. The molecule has 7 nitrogen and oxygen atoms in total. The Bertz CT molecular complexity index is 1380. The van der Waals surface area contributed by atoms with Gasteiger partial charge in [0.15, 0.2) is 0 Å². The van der Waals surface area contributed by atoms with Gasteiger partial charge in [-0.1, -0.05) is 30.3 Å². The number of alkyl halides is 6. The van der Waals surface area contributed by atoms with Gasteiger partial charge >= 0.3 is 12.5 Å². The molecule has 1 fully saturated rings. The molecule has 1 aliphatic rings. The van der Waals surface area contributed by atoms with Crippen LogP contribution in [0, 0.1) is 15.5 Å². The van der Waals surface area contributed by atoms with E-state index in [4.69, 9.17) is 0 Å². The summed E-state index contributed by atoms with van der Waals surface area (Å²) in [6.45, 7) is 0.953. The van der Waals surface area contributed by atoms with Gasteiger partial charge in [-0.2, -0.15) is 13.2 Å². The average Bonchev–Trinajstić information content (AvgIpc) is 3.28. The molecule has 0 amide bonds. The predicted molar refractivity (Wildman–Crippen MR) is 138 cm³/mol. The first kappa shape index (κ1) is 30.1. The van der Waals surface area contributed by atoms with Crippen LogP contribution in [0.4, 0.5) is 37.7 Å². The molecule has 0 spiro atoms. The summed E-state index contributed by atoms with van der Waals surface area (Å²) in [4.78, 5) is 12.8. The summed E-state index contributed by atoms with van der Waals surface area (Å²) in [6, 6.07) is 15.0. The minimum atomic E-state index is -4.83. The monoisotopic (exact) mass is 583 g/mol. The normalized spacial score (nSPS) is 17.9. The lowest BCUT2D eigenvalue weighted by Gasteiger charge is -2.31. The molecule has 1 aliphatic heterocycles. The zero-order valence-electron chi connectivity index (χ0n) is 21.6. The summed E-state index contributed by atoms with van der Waals surface area (Å²) < 4.78 is 82.1. The van der Waals surface area contributed by atoms with Gasteiger partial charge in [-0.3, -0.25) is 15.0 Å². The van der Waals surface area contributed by atoms with Crippen molar-refractivity contribution in [1.29, 1.82) is 0 Å². The number of hydrogen-bond acceptors (Lipinski definition) is 6. The number of nitro groups is 1. The highest BCUT2D eigenvalue weighted by Gasteiger charge is 2.39. The smallest absolute Gasteiger partial charge is 0.406 e. The van der Waals surface area contributed by atoms with E-state index >= 15 is 0 Å². The molecule has 3 aromatic carbocycles. The van der Waals surface area contributed by atoms with E-state index in [0.29, 0.717) is 36.3 Å². The number of halogens is 6. The number of anilines is 1. The van der Waals surface area contributed by atoms with Gasteiger partial charge in [0.25, 0.3) is 5.69 Å². The fourth-order valence-corrected chi connectivity index (χ4v) is 5.17. The second-order valence-corrected chi connectivity index (χ2v) is 10.1. The van der Waals surface area contributed by atoms with E-state index in [2.05, 4.69) is 10.1 Å². The van der Waals surface area contributed by atoms with Gasteiger partial charge < -0.3 is 15.2 Å². The maximum atomic E-state index is 13.4. The van der Waals surface area contributed by atoms with Crippen LogP contribution in [0.25, 0.3) is 0 Å². The second kappa shape index (κ2) is 12.0. The van der Waals surface area contributed by atoms with Crippen molar-refractivity contribution in [3.05, 3.63) is 99.1 Å². The van der Waals surface area contributed by atoms with E-state index in [1.165, 1.54) is 36.4 Å². The highest BCUT2D eigenvalue weighted by atomic mass is 19.4. The minimum Gasteiger partial charge on any atom is -0.406 e. The van der Waals surface area contributed by atoms with Crippen LogP contribution in [0.15, 0.2) is 66.7 Å². The molecule has 1 heterocycles. The average molecular weight is 584 g/mol. The lowest BCUT2D eigenvalue weighted by molar-refractivity contribution is -0.385. The topological polar surface area (TPSA) is 87.9 Å². The van der Waals surface area contributed by atoms with Crippen molar-refractivity contribution in [2.75, 3.05) is 25.0 Å². The maximum absolute atomic E-state index is 13.4. The molecule has 41 heavy (non-hydrogen) atoms. The number of nitrogens with one attached hydrogen (secondary N) is 1. The van der Waals surface area contributed by atoms with E-state index in [0.717, 1.165) is 12.1 Å². The fraction of sp³-hybridized carbons (Fsp3) is 0.357. The van der Waals surface area contributed by atoms with Crippen LogP contribution < -0.4 is 10.1 Å². The van der Waals surface area contributed by atoms with Crippen molar-refractivity contribution >= 4 is 11.4 Å². The van der Waals surface area contributed by atoms with Gasteiger partial charge in [0.2, 0.25) is 0 Å². The molecule has 1 unspecified atom stereocenters. The molecule has 3 aromatic rings. The van der Waals surface area contributed by atoms with Crippen LogP contribution >= 0.6 is 0 Å². The summed E-state index contributed by atoms with van der Waals surface area (Å²) in [5, 5.41) is 24.0. The highest BCUT2D eigenvalue weighted by molar-refractivity contribution is 5.55. The van der Waals surface area contributed by atoms with E-state index < -0.39 is 35.0 Å². The number of nitrogens with zero attached hydrogens (tertiary/aromatic N) is 2. The Morgan fingerprint density at radius 2 is 1.73 bits per heavy atom. The number of likely N-dealkylation sites (tertiary alicyclic amines) is 1. The maximum Gasteiger partial charge on any atom is 0.573 e. The standard InChI is InChI=1S/C28H27F6N3O4/c29-27(30,31)22-5-1-3-19(11-22)14-26(17-35-23-8-7-21(16-38)25(13-23)37(39)40)9-10-36(18-26)15-20-4-2-6-24(12-20)41-28(32,33)34/h1-8,11-13,35,38H,9-10,14-18H2. The third-order valence-corrected chi connectivity index (χ3v) is 7.01. The summed E-state index contributed by atoms with van der Waals surface area (Å²) in [5.41, 5.74) is -0.0522. The number of nitro benzene ring substituents is 1. The first-order chi connectivity index (χ1) is 19.2. The van der Waals surface area contributed by atoms with Gasteiger partial charge in [0.05, 0.1) is 22.7 Å². The SMILES string of the molecule is O=[N+]([O-])c1cc(NCC2(Cc3cccc(C(F)(F)F)c3)CCN(Cc3cccc(OC(F)(F)F)c3)C2)ccc1CO. The van der Waals surface area contributed by atoms with Gasteiger partial charge in [-0.25, -0.2) is 0 Å². The Labute approximate surface area is 231 Å². The molecule has 1 saturated heterocycles. The van der Waals surface area contributed by atoms with E-state index in [1.807, 2.05) is 4.90 Å². The summed E-state index contributed by atoms with van der Waals surface area (Å²) in [6.07, 6.45) is -8.54. The van der Waals surface area contributed by atoms with E-state index in [1.54, 1.807) is 18.2 Å². The molecule has 220 valence electrons. The number of hydrogen-bond donors (Lipinski definition) is 2. The molecule has 4 rings (SSSR count). The van der Waals surface area contributed by atoms with Crippen LogP contribution in [-0.2, 0) is 25.7 Å². The second-order valence-electron chi connectivity index (χ2n) is 10.1. The number of benzene rings is 3. The Balaban J connectivity index is 1.56. The zero-order valence-corrected chi connectivity index (χ0v) is 21.6. The van der Waals surface area contributed by atoms with Crippen LogP contribution in [0.3, 0.4) is 0 Å². The zero-order chi connectivity index (χ0) is 29.8. The van der Waals surface area contributed by atoms with Crippen LogP contribution in [0.5, 0.6) is 5.75 Å². The first-order valence-corrected chi connectivity index (χ1v) is 12.6. The molecule has 0 aromatic heterocycles. The Morgan fingerprint density at radius 1 is 1.00 bits per heavy atom. The number of rotatable bonds is 10. The van der Waals surface area contributed by atoms with Crippen molar-refractivity contribution in [1.82, 2.24) is 4.90 Å². The summed E-state index contributed by atoms with van der Waals surface area (Å²) >= 11 is 0. The van der Waals surface area contributed by atoms with Crippen molar-refractivity contribution in [2.45, 2.75) is 38.5 Å². The van der Waals surface area contributed by atoms with Crippen LogP contribution in [0.1, 0.15) is 28.7 Å². The van der Waals surface area contributed by atoms with Crippen LogP contribution in [0.2, 0.25) is 0 Å². The molecule has 0 saturated carbocycles. The van der Waals surface area contributed by atoms with Gasteiger partial charge in [-0.05, 0) is 60.8 Å². The summed E-state index contributed by atoms with van der Waals surface area (Å²) in [7, 11) is 0. The Morgan fingerprint density at radius 3 is 2.41 bits per heavy atom. The molecule has 0 radical (unpaired) electrons. The quantitative estimate of drug-likeness (QED) is 0.160. The van der Waals surface area contributed by atoms with Gasteiger partial charge in [0.1, 0.15) is 5.75 Å². The largest absolute Gasteiger partial charge is 0.573 e. The Hall–Kier alpha value is -3.84. The predicted octanol–water partition coefficient (Wildman–Crippen LogP) is 6.55. The van der Waals surface area contributed by atoms with Gasteiger partial charge in [0, 0.05) is 36.8 Å². The number of aliphatic hydroxyl groups is 1. The Kier molecular flexibility index (Phi) is 8.78. The number of ether oxygens (including phenoxy) is 1. The highest BCUT2D eigenvalue weighted by Crippen LogP contribution is 2.38. The van der Waals surface area contributed by atoms with Crippen molar-refractivity contribution < 1.29 is 41.1 Å². The molecule has 0 aliphatic carbocycles. The molecule has 0 bridgehead atoms. The molecule has 2 N–H and O–H groups in total. The fourth-order valence-electron chi connectivity index (χ4n) is 5.17.